The van der Waals surface area contributed by atoms with Crippen LogP contribution in [0.2, 0.25) is 0 Å². The number of likely N-dealkylation sites (N-methyl/N-ethyl adjacent to an activating group) is 1. The van der Waals surface area contributed by atoms with Gasteiger partial charge in [-0.05, 0) is 26.4 Å². The van der Waals surface area contributed by atoms with Crippen molar-refractivity contribution in [2.24, 2.45) is 0 Å². The van der Waals surface area contributed by atoms with E-state index in [4.69, 9.17) is 5.11 Å². The molecule has 0 aromatic rings. The molecule has 2 unspecified atom stereocenters. The zero-order valence-corrected chi connectivity index (χ0v) is 12.1. The minimum atomic E-state index is -0.893. The first-order chi connectivity index (χ1) is 8.97. The standard InChI is InChI=1S/C13H25N3O3/c1-4-15(5-2)11-6-7-16(9-11)13(19)14-10(3)8-12(17)18/h10-11H,4-9H2,1-3H3,(H,14,19)(H,17,18). The number of carbonyl (C=O) groups is 2. The van der Waals surface area contributed by atoms with Crippen LogP contribution in [0.5, 0.6) is 0 Å². The molecule has 6 nitrogen and oxygen atoms in total. The number of hydrogen-bond acceptors (Lipinski definition) is 3. The molecule has 2 atom stereocenters. The van der Waals surface area contributed by atoms with Gasteiger partial charge >= 0.3 is 12.0 Å². The summed E-state index contributed by atoms with van der Waals surface area (Å²) in [5, 5.41) is 11.4. The van der Waals surface area contributed by atoms with Crippen molar-refractivity contribution in [1.29, 1.82) is 0 Å². The van der Waals surface area contributed by atoms with Crippen LogP contribution in [-0.4, -0.2) is 65.2 Å². The highest BCUT2D eigenvalue weighted by Crippen LogP contribution is 2.15. The summed E-state index contributed by atoms with van der Waals surface area (Å²) in [6.45, 7) is 9.42. The van der Waals surface area contributed by atoms with E-state index in [1.807, 2.05) is 0 Å². The van der Waals surface area contributed by atoms with Crippen molar-refractivity contribution >= 4 is 12.0 Å². The number of urea groups is 1. The molecule has 6 heteroatoms. The SMILES string of the molecule is CCN(CC)C1CCN(C(=O)NC(C)CC(=O)O)C1. The van der Waals surface area contributed by atoms with E-state index in [0.29, 0.717) is 6.04 Å². The van der Waals surface area contributed by atoms with Gasteiger partial charge in [-0.3, -0.25) is 9.69 Å². The Labute approximate surface area is 114 Å². The average molecular weight is 271 g/mol. The fourth-order valence-electron chi connectivity index (χ4n) is 2.58. The monoisotopic (exact) mass is 271 g/mol. The van der Waals surface area contributed by atoms with Crippen LogP contribution in [0.15, 0.2) is 0 Å². The molecule has 2 amide bonds. The van der Waals surface area contributed by atoms with Crippen LogP contribution in [-0.2, 0) is 4.79 Å². The van der Waals surface area contributed by atoms with E-state index in [1.54, 1.807) is 11.8 Å². The number of hydrogen-bond donors (Lipinski definition) is 2. The van der Waals surface area contributed by atoms with Crippen molar-refractivity contribution in [1.82, 2.24) is 15.1 Å². The van der Waals surface area contributed by atoms with Gasteiger partial charge in [0.2, 0.25) is 0 Å². The summed E-state index contributed by atoms with van der Waals surface area (Å²) in [4.78, 5) is 26.7. The normalized spacial score (nSPS) is 20.6. The lowest BCUT2D eigenvalue weighted by molar-refractivity contribution is -0.137. The van der Waals surface area contributed by atoms with Crippen LogP contribution in [0.25, 0.3) is 0 Å². The second kappa shape index (κ2) is 7.33. The number of carboxylic acids is 1. The minimum Gasteiger partial charge on any atom is -0.481 e. The van der Waals surface area contributed by atoms with E-state index in [-0.39, 0.29) is 18.5 Å². The van der Waals surface area contributed by atoms with E-state index >= 15 is 0 Å². The van der Waals surface area contributed by atoms with Crippen LogP contribution in [0.4, 0.5) is 4.79 Å². The predicted octanol–water partition coefficient (Wildman–Crippen LogP) is 0.975. The number of carbonyl (C=O) groups excluding carboxylic acids is 1. The second-order valence-electron chi connectivity index (χ2n) is 5.06. The Kier molecular flexibility index (Phi) is 6.08. The fourth-order valence-corrected chi connectivity index (χ4v) is 2.58. The lowest BCUT2D eigenvalue weighted by Crippen LogP contribution is -2.45. The molecule has 0 saturated carbocycles. The molecule has 0 spiro atoms. The summed E-state index contributed by atoms with van der Waals surface area (Å²) in [5.41, 5.74) is 0. The topological polar surface area (TPSA) is 72.9 Å². The largest absolute Gasteiger partial charge is 0.481 e. The number of nitrogens with one attached hydrogen (secondary N) is 1. The van der Waals surface area contributed by atoms with Gasteiger partial charge in [0.15, 0.2) is 0 Å². The van der Waals surface area contributed by atoms with Crippen molar-refractivity contribution in [2.45, 2.75) is 45.7 Å². The van der Waals surface area contributed by atoms with Crippen molar-refractivity contribution in [3.8, 4) is 0 Å². The van der Waals surface area contributed by atoms with Gasteiger partial charge in [0.05, 0.1) is 6.42 Å². The first-order valence-electron chi connectivity index (χ1n) is 6.99. The number of rotatable bonds is 6. The maximum absolute atomic E-state index is 12.0. The molecular weight excluding hydrogens is 246 g/mol. The van der Waals surface area contributed by atoms with Gasteiger partial charge in [-0.25, -0.2) is 4.79 Å². The Morgan fingerprint density at radius 1 is 1.42 bits per heavy atom. The third-order valence-corrected chi connectivity index (χ3v) is 3.63. The summed E-state index contributed by atoms with van der Waals surface area (Å²) in [5.74, 6) is -0.893. The van der Waals surface area contributed by atoms with Crippen molar-refractivity contribution < 1.29 is 14.7 Å². The molecule has 1 aliphatic rings. The van der Waals surface area contributed by atoms with Crippen molar-refractivity contribution in [2.75, 3.05) is 26.2 Å². The zero-order chi connectivity index (χ0) is 14.4. The molecule has 1 aliphatic heterocycles. The minimum absolute atomic E-state index is 0.0426. The smallest absolute Gasteiger partial charge is 0.317 e. The maximum atomic E-state index is 12.0. The molecule has 0 radical (unpaired) electrons. The van der Waals surface area contributed by atoms with E-state index in [1.165, 1.54) is 0 Å². The summed E-state index contributed by atoms with van der Waals surface area (Å²) < 4.78 is 0. The van der Waals surface area contributed by atoms with Gasteiger partial charge < -0.3 is 15.3 Å². The van der Waals surface area contributed by atoms with Gasteiger partial charge in [-0.15, -0.1) is 0 Å². The highest BCUT2D eigenvalue weighted by molar-refractivity contribution is 5.76. The number of amides is 2. The molecule has 1 fully saturated rings. The quantitative estimate of drug-likeness (QED) is 0.755. The van der Waals surface area contributed by atoms with Crippen molar-refractivity contribution in [3.63, 3.8) is 0 Å². The van der Waals surface area contributed by atoms with E-state index < -0.39 is 5.97 Å². The van der Waals surface area contributed by atoms with Gasteiger partial charge in [-0.2, -0.15) is 0 Å². The summed E-state index contributed by atoms with van der Waals surface area (Å²) in [7, 11) is 0. The number of carboxylic acid groups (broad SMARTS) is 1. The number of aliphatic carboxylic acids is 1. The predicted molar refractivity (Wildman–Crippen MR) is 73.1 cm³/mol. The van der Waals surface area contributed by atoms with Gasteiger partial charge in [0.1, 0.15) is 0 Å². The molecule has 110 valence electrons. The molecule has 1 rings (SSSR count). The molecule has 0 aromatic carbocycles. The Morgan fingerprint density at radius 3 is 2.58 bits per heavy atom. The second-order valence-corrected chi connectivity index (χ2v) is 5.06. The van der Waals surface area contributed by atoms with Crippen LogP contribution >= 0.6 is 0 Å². The summed E-state index contributed by atoms with van der Waals surface area (Å²) in [6, 6.07) is -0.0589. The molecule has 0 aromatic heterocycles. The van der Waals surface area contributed by atoms with Crippen LogP contribution in [0.3, 0.4) is 0 Å². The molecular formula is C13H25N3O3. The number of nitrogens with zero attached hydrogens (tertiary/aromatic N) is 2. The highest BCUT2D eigenvalue weighted by Gasteiger charge is 2.29. The Balaban J connectivity index is 2.41. The number of likely N-dealkylation sites (tertiary alicyclic amines) is 1. The molecule has 1 heterocycles. The Hall–Kier alpha value is -1.30. The Bertz CT molecular complexity index is 318. The molecule has 0 bridgehead atoms. The van der Waals surface area contributed by atoms with Crippen LogP contribution < -0.4 is 5.32 Å². The summed E-state index contributed by atoms with van der Waals surface area (Å²) >= 11 is 0. The third-order valence-electron chi connectivity index (χ3n) is 3.63. The van der Waals surface area contributed by atoms with Gasteiger partial charge in [-0.1, -0.05) is 13.8 Å². The van der Waals surface area contributed by atoms with Crippen LogP contribution in [0, 0.1) is 0 Å². The summed E-state index contributed by atoms with van der Waals surface area (Å²) in [6.07, 6.45) is 0.946. The molecule has 1 saturated heterocycles. The highest BCUT2D eigenvalue weighted by atomic mass is 16.4. The maximum Gasteiger partial charge on any atom is 0.317 e. The lowest BCUT2D eigenvalue weighted by atomic mass is 10.2. The molecule has 2 N–H and O–H groups in total. The first-order valence-corrected chi connectivity index (χ1v) is 6.99. The van der Waals surface area contributed by atoms with Crippen LogP contribution in [0.1, 0.15) is 33.6 Å². The van der Waals surface area contributed by atoms with Gasteiger partial charge in [0, 0.05) is 25.2 Å². The zero-order valence-electron chi connectivity index (χ0n) is 12.1. The fraction of sp³-hybridized carbons (Fsp3) is 0.846. The first kappa shape index (κ1) is 15.8. The van der Waals surface area contributed by atoms with E-state index in [2.05, 4.69) is 24.1 Å². The van der Waals surface area contributed by atoms with Crippen molar-refractivity contribution in [3.05, 3.63) is 0 Å². The average Bonchev–Trinajstić information content (AvgIpc) is 2.79. The molecule has 19 heavy (non-hydrogen) atoms. The van der Waals surface area contributed by atoms with E-state index in [0.717, 1.165) is 32.6 Å². The third kappa shape index (κ3) is 4.70. The molecule has 0 aliphatic carbocycles. The lowest BCUT2D eigenvalue weighted by Gasteiger charge is -2.26. The van der Waals surface area contributed by atoms with E-state index in [9.17, 15) is 9.59 Å². The Morgan fingerprint density at radius 2 is 2.05 bits per heavy atom. The van der Waals surface area contributed by atoms with Gasteiger partial charge in [0.25, 0.3) is 0 Å².